The van der Waals surface area contributed by atoms with Gasteiger partial charge in [-0.2, -0.15) is 0 Å². The van der Waals surface area contributed by atoms with Crippen molar-refractivity contribution < 1.29 is 9.59 Å². The lowest BCUT2D eigenvalue weighted by atomic mass is 9.53. The minimum Gasteiger partial charge on any atom is -0.295 e. The first-order valence-electron chi connectivity index (χ1n) is 12.8. The summed E-state index contributed by atoms with van der Waals surface area (Å²) in [4.78, 5) is 23.5. The molecule has 178 valence electrons. The standard InChI is InChI=1S/C15H22O.C15H24O/c1-13(2)9-11(16)7-12-14(3,4)10-5-6-15(12,13)8-10;1-11(2)14(16)9-8-13-12(3)7-6-10-15(13,4)5/h7,10H,5-6,8-9H2,1-4H3;7-9,11,13H,6,10H2,1-5H3/b;9-8+/t10?,15-;/m0./s1. The lowest BCUT2D eigenvalue weighted by molar-refractivity contribution is -0.119. The topological polar surface area (TPSA) is 34.1 Å². The van der Waals surface area contributed by atoms with Crippen LogP contribution in [0.1, 0.15) is 101 Å². The van der Waals surface area contributed by atoms with Gasteiger partial charge in [-0.05, 0) is 78.8 Å². The van der Waals surface area contributed by atoms with E-state index in [-0.39, 0.29) is 27.9 Å². The van der Waals surface area contributed by atoms with Crippen LogP contribution >= 0.6 is 0 Å². The third-order valence-electron chi connectivity index (χ3n) is 9.57. The Balaban J connectivity index is 0.000000181. The Morgan fingerprint density at radius 2 is 1.75 bits per heavy atom. The molecule has 2 fully saturated rings. The van der Waals surface area contributed by atoms with Gasteiger partial charge in [-0.15, -0.1) is 0 Å². The zero-order chi connectivity index (χ0) is 24.1. The van der Waals surface area contributed by atoms with E-state index in [1.54, 1.807) is 6.08 Å². The van der Waals surface area contributed by atoms with Crippen molar-refractivity contribution in [3.05, 3.63) is 35.5 Å². The van der Waals surface area contributed by atoms with Gasteiger partial charge in [0.05, 0.1) is 0 Å². The van der Waals surface area contributed by atoms with E-state index in [4.69, 9.17) is 0 Å². The molecule has 2 heteroatoms. The molecule has 4 aliphatic rings. The molecule has 1 spiro atoms. The molecular formula is C30H46O2. The van der Waals surface area contributed by atoms with Gasteiger partial charge in [-0.1, -0.05) is 78.7 Å². The first-order chi connectivity index (χ1) is 14.6. The van der Waals surface area contributed by atoms with Gasteiger partial charge in [0, 0.05) is 18.3 Å². The molecule has 4 rings (SSSR count). The first-order valence-corrected chi connectivity index (χ1v) is 12.8. The van der Waals surface area contributed by atoms with Gasteiger partial charge in [0.1, 0.15) is 0 Å². The number of ketones is 2. The second kappa shape index (κ2) is 8.41. The first kappa shape index (κ1) is 25.2. The molecule has 0 aromatic heterocycles. The molecular weight excluding hydrogens is 392 g/mol. The van der Waals surface area contributed by atoms with E-state index >= 15 is 0 Å². The number of fused-ring (bicyclic) bond motifs is 1. The molecule has 2 nitrogen and oxygen atoms in total. The van der Waals surface area contributed by atoms with E-state index in [2.05, 4.69) is 60.6 Å². The summed E-state index contributed by atoms with van der Waals surface area (Å²) in [6, 6.07) is 0. The van der Waals surface area contributed by atoms with E-state index in [9.17, 15) is 9.59 Å². The molecule has 0 aliphatic heterocycles. The molecule has 0 radical (unpaired) electrons. The molecule has 0 aromatic carbocycles. The highest BCUT2D eigenvalue weighted by atomic mass is 16.1. The SMILES string of the molecule is CC1(C)C2=CC(=O)CC(C)(C)[C@]23CCC1C3.CC1=CCCC(C)(C)C1/C=C/C(=O)C(C)C. The van der Waals surface area contributed by atoms with Crippen LogP contribution in [0.3, 0.4) is 0 Å². The van der Waals surface area contributed by atoms with Crippen molar-refractivity contribution in [3.63, 3.8) is 0 Å². The Labute approximate surface area is 197 Å². The van der Waals surface area contributed by atoms with E-state index in [0.29, 0.717) is 17.1 Å². The van der Waals surface area contributed by atoms with Crippen LogP contribution in [0.4, 0.5) is 0 Å². The number of rotatable bonds is 3. The van der Waals surface area contributed by atoms with E-state index in [1.807, 2.05) is 19.9 Å². The number of carbonyl (C=O) groups excluding carboxylic acids is 2. The summed E-state index contributed by atoms with van der Waals surface area (Å²) in [7, 11) is 0. The summed E-state index contributed by atoms with van der Waals surface area (Å²) in [6.45, 7) is 20.0. The average Bonchev–Trinajstić information content (AvgIpc) is 3.19. The molecule has 0 amide bonds. The van der Waals surface area contributed by atoms with Crippen molar-refractivity contribution in [1.82, 2.24) is 0 Å². The number of allylic oxidation sites excluding steroid dienone is 6. The fourth-order valence-corrected chi connectivity index (χ4v) is 7.23. The van der Waals surface area contributed by atoms with Crippen LogP contribution in [0.2, 0.25) is 0 Å². The minimum absolute atomic E-state index is 0.104. The Kier molecular flexibility index (Phi) is 6.62. The summed E-state index contributed by atoms with van der Waals surface area (Å²) in [5, 5.41) is 0. The van der Waals surface area contributed by atoms with Gasteiger partial charge < -0.3 is 0 Å². The third kappa shape index (κ3) is 4.24. The van der Waals surface area contributed by atoms with Gasteiger partial charge >= 0.3 is 0 Å². The van der Waals surface area contributed by atoms with Crippen LogP contribution in [0.25, 0.3) is 0 Å². The molecule has 2 bridgehead atoms. The second-order valence-electron chi connectivity index (χ2n) is 13.2. The maximum atomic E-state index is 11.9. The average molecular weight is 439 g/mol. The Morgan fingerprint density at radius 1 is 1.09 bits per heavy atom. The second-order valence-corrected chi connectivity index (χ2v) is 13.2. The van der Waals surface area contributed by atoms with E-state index < -0.39 is 0 Å². The molecule has 3 atom stereocenters. The highest BCUT2D eigenvalue weighted by Gasteiger charge is 2.64. The molecule has 0 heterocycles. The predicted octanol–water partition coefficient (Wildman–Crippen LogP) is 7.89. The fraction of sp³-hybridized carbons (Fsp3) is 0.733. The quantitative estimate of drug-likeness (QED) is 0.331. The number of carbonyl (C=O) groups is 2. The van der Waals surface area contributed by atoms with Crippen LogP contribution in [0.5, 0.6) is 0 Å². The van der Waals surface area contributed by atoms with Gasteiger partial charge in [-0.3, -0.25) is 9.59 Å². The monoisotopic (exact) mass is 438 g/mol. The van der Waals surface area contributed by atoms with Crippen molar-refractivity contribution in [2.45, 2.75) is 101 Å². The molecule has 2 unspecified atom stereocenters. The van der Waals surface area contributed by atoms with Crippen molar-refractivity contribution >= 4 is 11.6 Å². The summed E-state index contributed by atoms with van der Waals surface area (Å²) >= 11 is 0. The number of hydrogen-bond acceptors (Lipinski definition) is 2. The number of hydrogen-bond donors (Lipinski definition) is 0. The van der Waals surface area contributed by atoms with Gasteiger partial charge in [0.15, 0.2) is 11.6 Å². The van der Waals surface area contributed by atoms with E-state index in [1.165, 1.54) is 43.3 Å². The maximum Gasteiger partial charge on any atom is 0.157 e. The molecule has 0 aromatic rings. The summed E-state index contributed by atoms with van der Waals surface area (Å²) in [5.74, 6) is 1.92. The van der Waals surface area contributed by atoms with Gasteiger partial charge in [0.2, 0.25) is 0 Å². The van der Waals surface area contributed by atoms with Crippen LogP contribution in [-0.2, 0) is 9.59 Å². The molecule has 0 N–H and O–H groups in total. The Bertz CT molecular complexity index is 861. The van der Waals surface area contributed by atoms with Crippen LogP contribution in [0.15, 0.2) is 35.5 Å². The van der Waals surface area contributed by atoms with Crippen LogP contribution < -0.4 is 0 Å². The predicted molar refractivity (Wildman–Crippen MR) is 134 cm³/mol. The summed E-state index contributed by atoms with van der Waals surface area (Å²) < 4.78 is 0. The van der Waals surface area contributed by atoms with Crippen molar-refractivity contribution in [2.24, 2.45) is 39.4 Å². The maximum absolute atomic E-state index is 11.9. The smallest absolute Gasteiger partial charge is 0.157 e. The fourth-order valence-electron chi connectivity index (χ4n) is 7.23. The summed E-state index contributed by atoms with van der Waals surface area (Å²) in [6.07, 6.45) is 15.3. The Morgan fingerprint density at radius 3 is 2.34 bits per heavy atom. The largest absolute Gasteiger partial charge is 0.295 e. The zero-order valence-electron chi connectivity index (χ0n) is 22.1. The van der Waals surface area contributed by atoms with E-state index in [0.717, 1.165) is 12.3 Å². The molecule has 2 saturated carbocycles. The van der Waals surface area contributed by atoms with Crippen LogP contribution in [-0.4, -0.2) is 11.6 Å². The van der Waals surface area contributed by atoms with Crippen molar-refractivity contribution in [2.75, 3.05) is 0 Å². The normalized spacial score (nSPS) is 34.0. The van der Waals surface area contributed by atoms with Gasteiger partial charge in [0.25, 0.3) is 0 Å². The third-order valence-corrected chi connectivity index (χ3v) is 9.57. The van der Waals surface area contributed by atoms with Crippen LogP contribution in [0, 0.1) is 39.4 Å². The van der Waals surface area contributed by atoms with Crippen molar-refractivity contribution in [1.29, 1.82) is 0 Å². The van der Waals surface area contributed by atoms with Crippen molar-refractivity contribution in [3.8, 4) is 0 Å². The Hall–Kier alpha value is -1.44. The molecule has 0 saturated heterocycles. The molecule has 4 aliphatic carbocycles. The lowest BCUT2D eigenvalue weighted by Crippen LogP contribution is -2.43. The molecule has 32 heavy (non-hydrogen) atoms. The van der Waals surface area contributed by atoms with Gasteiger partial charge in [-0.25, -0.2) is 0 Å². The highest BCUT2D eigenvalue weighted by molar-refractivity contribution is 5.93. The highest BCUT2D eigenvalue weighted by Crippen LogP contribution is 2.73. The zero-order valence-corrected chi connectivity index (χ0v) is 22.1. The lowest BCUT2D eigenvalue weighted by Gasteiger charge is -2.50. The summed E-state index contributed by atoms with van der Waals surface area (Å²) in [5.41, 5.74) is 3.98. The minimum atomic E-state index is 0.104.